The summed E-state index contributed by atoms with van der Waals surface area (Å²) in [5, 5.41) is 0. The fourth-order valence-corrected chi connectivity index (χ4v) is 6.20. The first-order chi connectivity index (χ1) is 20.6. The minimum absolute atomic E-state index is 0.0477. The van der Waals surface area contributed by atoms with E-state index < -0.39 is 23.3 Å². The molecular weight excluding hydrogens is 561 g/mol. The van der Waals surface area contributed by atoms with Crippen molar-refractivity contribution in [1.82, 2.24) is 29.6 Å². The van der Waals surface area contributed by atoms with Gasteiger partial charge in [-0.2, -0.15) is 13.2 Å². The molecule has 3 aliphatic heterocycles. The van der Waals surface area contributed by atoms with Gasteiger partial charge >= 0.3 is 6.18 Å². The Morgan fingerprint density at radius 1 is 1.09 bits per heavy atom. The Kier molecular flexibility index (Phi) is 9.14. The Morgan fingerprint density at radius 3 is 2.56 bits per heavy atom. The van der Waals surface area contributed by atoms with Gasteiger partial charge in [-0.1, -0.05) is 6.92 Å². The number of methoxy groups -OCH3 is 1. The lowest BCUT2D eigenvalue weighted by Gasteiger charge is -2.47. The number of carbonyl (C=O) groups is 1. The van der Waals surface area contributed by atoms with Gasteiger partial charge in [-0.25, -0.2) is 9.97 Å². The van der Waals surface area contributed by atoms with Gasteiger partial charge in [-0.3, -0.25) is 4.79 Å². The highest BCUT2D eigenvalue weighted by atomic mass is 19.4. The predicted molar refractivity (Wildman–Crippen MR) is 157 cm³/mol. The summed E-state index contributed by atoms with van der Waals surface area (Å²) in [4.78, 5) is 29.9. The number of alkyl halides is 3. The van der Waals surface area contributed by atoms with Crippen LogP contribution >= 0.6 is 0 Å². The van der Waals surface area contributed by atoms with Crippen LogP contribution < -0.4 is 9.47 Å². The SMILES string of the molecule is CCOc1ncccc1C1=CC=C(N2CCN(C(=O)c3ccc(OC)nc3C(F)(F)F)C[C@H]2CC)CN1CC1CN(C)C1. The van der Waals surface area contributed by atoms with Crippen molar-refractivity contribution < 1.29 is 27.4 Å². The van der Waals surface area contributed by atoms with Crippen molar-refractivity contribution in [2.45, 2.75) is 32.5 Å². The average Bonchev–Trinajstić information content (AvgIpc) is 2.99. The summed E-state index contributed by atoms with van der Waals surface area (Å²) in [6, 6.07) is 6.35. The zero-order valence-electron chi connectivity index (χ0n) is 25.1. The number of pyridine rings is 2. The van der Waals surface area contributed by atoms with Crippen molar-refractivity contribution in [3.63, 3.8) is 0 Å². The molecule has 2 aromatic heterocycles. The largest absolute Gasteiger partial charge is 0.481 e. The van der Waals surface area contributed by atoms with Crippen LogP contribution in [0.1, 0.15) is 41.9 Å². The van der Waals surface area contributed by atoms with Gasteiger partial charge in [0.2, 0.25) is 11.8 Å². The molecule has 0 saturated carbocycles. The Morgan fingerprint density at radius 2 is 1.88 bits per heavy atom. The van der Waals surface area contributed by atoms with Crippen molar-refractivity contribution in [2.75, 3.05) is 66.6 Å². The lowest BCUT2D eigenvalue weighted by atomic mass is 9.97. The van der Waals surface area contributed by atoms with Crippen molar-refractivity contribution in [3.8, 4) is 11.8 Å². The summed E-state index contributed by atoms with van der Waals surface area (Å²) in [7, 11) is 3.36. The van der Waals surface area contributed by atoms with Gasteiger partial charge in [0, 0.05) is 74.9 Å². The van der Waals surface area contributed by atoms with Crippen molar-refractivity contribution >= 4 is 11.6 Å². The van der Waals surface area contributed by atoms with E-state index in [4.69, 9.17) is 9.47 Å². The van der Waals surface area contributed by atoms with Gasteiger partial charge in [0.15, 0.2) is 5.69 Å². The predicted octanol–water partition coefficient (Wildman–Crippen LogP) is 4.24. The fraction of sp³-hybridized carbons (Fsp3) is 0.516. The number of carbonyl (C=O) groups excluding carboxylic acids is 1. The third kappa shape index (κ3) is 6.58. The maximum Gasteiger partial charge on any atom is 0.434 e. The van der Waals surface area contributed by atoms with Gasteiger partial charge in [0.1, 0.15) is 0 Å². The van der Waals surface area contributed by atoms with E-state index in [-0.39, 0.29) is 11.9 Å². The van der Waals surface area contributed by atoms with Crippen molar-refractivity contribution in [3.05, 3.63) is 65.1 Å². The zero-order chi connectivity index (χ0) is 30.7. The maximum atomic E-state index is 13.8. The number of halogens is 3. The number of ether oxygens (including phenoxy) is 2. The van der Waals surface area contributed by atoms with Crippen molar-refractivity contribution in [1.29, 1.82) is 0 Å². The van der Waals surface area contributed by atoms with E-state index in [9.17, 15) is 18.0 Å². The molecule has 2 saturated heterocycles. The number of hydrogen-bond acceptors (Lipinski definition) is 8. The minimum Gasteiger partial charge on any atom is -0.481 e. The van der Waals surface area contributed by atoms with Crippen LogP contribution in [0.3, 0.4) is 0 Å². The molecule has 232 valence electrons. The Labute approximate surface area is 250 Å². The molecule has 2 aromatic rings. The molecule has 1 amide bonds. The van der Waals surface area contributed by atoms with Crippen molar-refractivity contribution in [2.24, 2.45) is 5.92 Å². The van der Waals surface area contributed by atoms with E-state index in [1.807, 2.05) is 26.0 Å². The van der Waals surface area contributed by atoms with E-state index in [0.29, 0.717) is 44.6 Å². The van der Waals surface area contributed by atoms with Crippen LogP contribution in [0.2, 0.25) is 0 Å². The first-order valence-electron chi connectivity index (χ1n) is 14.7. The van der Waals surface area contributed by atoms with Crippen LogP contribution in [0, 0.1) is 5.92 Å². The number of hydrogen-bond donors (Lipinski definition) is 0. The lowest BCUT2D eigenvalue weighted by Crippen LogP contribution is -2.56. The van der Waals surface area contributed by atoms with E-state index in [1.165, 1.54) is 18.1 Å². The number of allylic oxidation sites excluding steroid dienone is 2. The molecule has 0 aromatic carbocycles. The molecule has 5 rings (SSSR count). The normalized spacial score (nSPS) is 20.0. The van der Waals surface area contributed by atoms with E-state index >= 15 is 0 Å². The number of piperazine rings is 1. The van der Waals surface area contributed by atoms with Gasteiger partial charge in [-0.15, -0.1) is 0 Å². The van der Waals surface area contributed by atoms with Gasteiger partial charge < -0.3 is 29.1 Å². The number of rotatable bonds is 9. The molecule has 12 heteroatoms. The molecule has 43 heavy (non-hydrogen) atoms. The van der Waals surface area contributed by atoms with E-state index in [2.05, 4.69) is 43.9 Å². The summed E-state index contributed by atoms with van der Waals surface area (Å²) in [6.45, 7) is 9.26. The second kappa shape index (κ2) is 12.8. The molecule has 1 atom stereocenters. The zero-order valence-corrected chi connectivity index (χ0v) is 25.1. The molecule has 9 nitrogen and oxygen atoms in total. The first-order valence-corrected chi connectivity index (χ1v) is 14.7. The number of likely N-dealkylation sites (tertiary alicyclic amines) is 1. The molecule has 0 bridgehead atoms. The third-order valence-corrected chi connectivity index (χ3v) is 8.26. The summed E-state index contributed by atoms with van der Waals surface area (Å²) < 4.78 is 52.2. The van der Waals surface area contributed by atoms with Crippen LogP contribution in [0.15, 0.2) is 48.3 Å². The Bertz CT molecular complexity index is 1370. The van der Waals surface area contributed by atoms with Gasteiger partial charge in [-0.05, 0) is 50.7 Å². The molecule has 3 aliphatic rings. The molecule has 0 N–H and O–H groups in total. The molecular formula is C31H39F3N6O3. The average molecular weight is 601 g/mol. The topological polar surface area (TPSA) is 74.3 Å². The molecule has 0 spiro atoms. The third-order valence-electron chi connectivity index (χ3n) is 8.26. The maximum absolute atomic E-state index is 13.8. The fourth-order valence-electron chi connectivity index (χ4n) is 6.20. The van der Waals surface area contributed by atoms with E-state index in [0.717, 1.165) is 49.1 Å². The second-order valence-electron chi connectivity index (χ2n) is 11.2. The highest BCUT2D eigenvalue weighted by molar-refractivity contribution is 5.95. The second-order valence-corrected chi connectivity index (χ2v) is 11.2. The van der Waals surface area contributed by atoms with Crippen LogP contribution in [0.25, 0.3) is 5.70 Å². The van der Waals surface area contributed by atoms with Gasteiger partial charge in [0.25, 0.3) is 5.91 Å². The Hall–Kier alpha value is -3.80. The summed E-state index contributed by atoms with van der Waals surface area (Å²) in [5.74, 6) is 0.289. The van der Waals surface area contributed by atoms with Crippen LogP contribution in [-0.4, -0.2) is 108 Å². The molecule has 0 radical (unpaired) electrons. The molecule has 0 unspecified atom stereocenters. The molecule has 5 heterocycles. The standard InChI is InChI=1S/C31H39F3N6O3/c1-5-22-19-38(30(41)25-10-12-27(42-4)36-28(25)31(32,33)34)14-15-40(22)23-9-11-26(24-8-7-13-35-29(24)43-6-2)39(20-23)18-21-16-37(3)17-21/h7-13,21-22H,5-6,14-20H2,1-4H3/t22-/m1/s1. The molecule has 2 fully saturated rings. The van der Waals surface area contributed by atoms with Crippen LogP contribution in [-0.2, 0) is 6.18 Å². The highest BCUT2D eigenvalue weighted by Gasteiger charge is 2.40. The van der Waals surface area contributed by atoms with Crippen LogP contribution in [0.5, 0.6) is 11.8 Å². The summed E-state index contributed by atoms with van der Waals surface area (Å²) in [5.41, 5.74) is 1.45. The number of amides is 1. The molecule has 0 aliphatic carbocycles. The number of aromatic nitrogens is 2. The summed E-state index contributed by atoms with van der Waals surface area (Å²) in [6.07, 6.45) is 1.92. The van der Waals surface area contributed by atoms with Crippen LogP contribution in [0.4, 0.5) is 13.2 Å². The number of nitrogens with zero attached hydrogens (tertiary/aromatic N) is 6. The summed E-state index contributed by atoms with van der Waals surface area (Å²) >= 11 is 0. The first kappa shape index (κ1) is 30.7. The van der Waals surface area contributed by atoms with E-state index in [1.54, 1.807) is 6.20 Å². The van der Waals surface area contributed by atoms with Gasteiger partial charge in [0.05, 0.1) is 31.4 Å². The minimum atomic E-state index is -4.78. The highest BCUT2D eigenvalue weighted by Crippen LogP contribution is 2.35. The monoisotopic (exact) mass is 600 g/mol. The quantitative estimate of drug-likeness (QED) is 0.424. The smallest absolute Gasteiger partial charge is 0.434 e. The Balaban J connectivity index is 1.38. The lowest BCUT2D eigenvalue weighted by molar-refractivity contribution is -0.141.